The van der Waals surface area contributed by atoms with Gasteiger partial charge < -0.3 is 19.2 Å². The van der Waals surface area contributed by atoms with E-state index in [2.05, 4.69) is 15.0 Å². The molecule has 9 nitrogen and oxygen atoms in total. The SMILES string of the molecule is CC(OC(=O)Cn1cnc2c(oc3ccccc32)c1=O)C(=O)Nc1ccccc1OC(F)F. The van der Waals surface area contributed by atoms with Gasteiger partial charge in [-0.3, -0.25) is 19.0 Å². The van der Waals surface area contributed by atoms with Crippen molar-refractivity contribution in [1.29, 1.82) is 0 Å². The summed E-state index contributed by atoms with van der Waals surface area (Å²) in [4.78, 5) is 41.5. The molecule has 0 aliphatic rings. The second-order valence-corrected chi connectivity index (χ2v) is 6.95. The summed E-state index contributed by atoms with van der Waals surface area (Å²) in [6, 6.07) is 12.6. The van der Waals surface area contributed by atoms with Crippen LogP contribution >= 0.6 is 0 Å². The Morgan fingerprint density at radius 1 is 1.15 bits per heavy atom. The molecular formula is C22H17F2N3O6. The topological polar surface area (TPSA) is 113 Å². The summed E-state index contributed by atoms with van der Waals surface area (Å²) < 4.78 is 41.0. The predicted octanol–water partition coefficient (Wildman–Crippen LogP) is 3.31. The van der Waals surface area contributed by atoms with Gasteiger partial charge in [-0.15, -0.1) is 0 Å². The molecule has 0 radical (unpaired) electrons. The maximum atomic E-state index is 12.7. The van der Waals surface area contributed by atoms with E-state index >= 15 is 0 Å². The van der Waals surface area contributed by atoms with E-state index in [1.54, 1.807) is 24.3 Å². The Morgan fingerprint density at radius 3 is 2.67 bits per heavy atom. The number of alkyl halides is 2. The standard InChI is InChI=1S/C22H17F2N3O6/c1-12(20(29)26-14-7-3-5-9-16(14)33-22(23)24)31-17(28)10-27-11-25-18-13-6-2-4-8-15(13)32-19(18)21(27)30/h2-9,11-12,22H,10H2,1H3,(H,26,29). The zero-order valence-corrected chi connectivity index (χ0v) is 17.2. The lowest BCUT2D eigenvalue weighted by Gasteiger charge is -2.16. The van der Waals surface area contributed by atoms with Gasteiger partial charge in [0.1, 0.15) is 23.4 Å². The molecule has 0 fully saturated rings. The number of carbonyl (C=O) groups is 2. The molecule has 33 heavy (non-hydrogen) atoms. The van der Waals surface area contributed by atoms with Gasteiger partial charge >= 0.3 is 12.6 Å². The number of carbonyl (C=O) groups excluding carboxylic acids is 2. The van der Waals surface area contributed by atoms with Crippen molar-refractivity contribution in [2.75, 3.05) is 5.32 Å². The molecule has 0 saturated carbocycles. The van der Waals surface area contributed by atoms with E-state index in [0.29, 0.717) is 16.5 Å². The van der Waals surface area contributed by atoms with Crippen LogP contribution in [0.2, 0.25) is 0 Å². The predicted molar refractivity (Wildman–Crippen MR) is 113 cm³/mol. The molecule has 1 amide bonds. The molecule has 0 saturated heterocycles. The van der Waals surface area contributed by atoms with E-state index in [-0.39, 0.29) is 17.0 Å². The maximum absolute atomic E-state index is 12.7. The monoisotopic (exact) mass is 457 g/mol. The van der Waals surface area contributed by atoms with Crippen molar-refractivity contribution < 1.29 is 32.3 Å². The molecule has 0 spiro atoms. The van der Waals surface area contributed by atoms with Gasteiger partial charge in [0.15, 0.2) is 6.10 Å². The smallest absolute Gasteiger partial charge is 0.387 e. The van der Waals surface area contributed by atoms with Crippen LogP contribution in [-0.4, -0.2) is 34.1 Å². The molecule has 0 bridgehead atoms. The third-order valence-electron chi connectivity index (χ3n) is 4.69. The Kier molecular flexibility index (Phi) is 6.03. The van der Waals surface area contributed by atoms with Crippen LogP contribution < -0.4 is 15.6 Å². The minimum atomic E-state index is -3.07. The minimum Gasteiger partial charge on any atom is -0.451 e. The summed E-state index contributed by atoms with van der Waals surface area (Å²) >= 11 is 0. The number of anilines is 1. The van der Waals surface area contributed by atoms with Crippen LogP contribution in [0.25, 0.3) is 22.1 Å². The van der Waals surface area contributed by atoms with Crippen LogP contribution in [0.4, 0.5) is 14.5 Å². The van der Waals surface area contributed by atoms with Crippen molar-refractivity contribution in [2.24, 2.45) is 0 Å². The zero-order valence-electron chi connectivity index (χ0n) is 17.2. The third kappa shape index (κ3) is 4.66. The molecule has 0 aliphatic heterocycles. The number of furan rings is 1. The largest absolute Gasteiger partial charge is 0.451 e. The lowest BCUT2D eigenvalue weighted by Crippen LogP contribution is -2.33. The molecule has 0 aliphatic carbocycles. The first kappa shape index (κ1) is 21.9. The molecule has 170 valence electrons. The van der Waals surface area contributed by atoms with Gasteiger partial charge in [0.25, 0.3) is 11.5 Å². The van der Waals surface area contributed by atoms with Crippen molar-refractivity contribution in [3.63, 3.8) is 0 Å². The third-order valence-corrected chi connectivity index (χ3v) is 4.69. The summed E-state index contributed by atoms with van der Waals surface area (Å²) in [5.74, 6) is -1.89. The van der Waals surface area contributed by atoms with E-state index < -0.39 is 36.7 Å². The number of nitrogens with one attached hydrogen (secondary N) is 1. The van der Waals surface area contributed by atoms with Crippen LogP contribution in [0.15, 0.2) is 64.1 Å². The fourth-order valence-corrected chi connectivity index (χ4v) is 3.16. The highest BCUT2D eigenvalue weighted by molar-refractivity contribution is 6.01. The van der Waals surface area contributed by atoms with Gasteiger partial charge in [-0.2, -0.15) is 8.78 Å². The highest BCUT2D eigenvalue weighted by atomic mass is 19.3. The Balaban J connectivity index is 1.44. The number of nitrogens with zero attached hydrogens (tertiary/aromatic N) is 2. The highest BCUT2D eigenvalue weighted by Gasteiger charge is 2.21. The first-order valence-electron chi connectivity index (χ1n) is 9.74. The molecule has 4 aromatic rings. The van der Waals surface area contributed by atoms with Crippen molar-refractivity contribution in [3.05, 3.63) is 65.2 Å². The van der Waals surface area contributed by atoms with Gasteiger partial charge in [-0.1, -0.05) is 24.3 Å². The number of benzene rings is 2. The number of hydrogen-bond acceptors (Lipinski definition) is 7. The minimum absolute atomic E-state index is 0.00655. The van der Waals surface area contributed by atoms with Crippen molar-refractivity contribution >= 4 is 39.6 Å². The highest BCUT2D eigenvalue weighted by Crippen LogP contribution is 2.26. The number of hydrogen-bond donors (Lipinski definition) is 1. The van der Waals surface area contributed by atoms with Gasteiger partial charge in [-0.25, -0.2) is 4.98 Å². The fraction of sp³-hybridized carbons (Fsp3) is 0.182. The van der Waals surface area contributed by atoms with Crippen LogP contribution in [0.5, 0.6) is 5.75 Å². The van der Waals surface area contributed by atoms with Gasteiger partial charge in [0.2, 0.25) is 5.58 Å². The first-order valence-corrected chi connectivity index (χ1v) is 9.74. The number of fused-ring (bicyclic) bond motifs is 3. The van der Waals surface area contributed by atoms with E-state index in [1.165, 1.54) is 37.5 Å². The summed E-state index contributed by atoms with van der Waals surface area (Å²) in [5.41, 5.74) is 0.259. The van der Waals surface area contributed by atoms with Gasteiger partial charge in [0.05, 0.1) is 12.0 Å². The summed E-state index contributed by atoms with van der Waals surface area (Å²) in [5, 5.41) is 3.03. The number of rotatable bonds is 7. The molecule has 1 N–H and O–H groups in total. The van der Waals surface area contributed by atoms with Crippen molar-refractivity contribution in [3.8, 4) is 5.75 Å². The van der Waals surface area contributed by atoms with Gasteiger partial charge in [-0.05, 0) is 31.2 Å². The average Bonchev–Trinajstić information content (AvgIpc) is 3.16. The second-order valence-electron chi connectivity index (χ2n) is 6.95. The number of ether oxygens (including phenoxy) is 2. The van der Waals surface area contributed by atoms with E-state index in [0.717, 1.165) is 4.57 Å². The lowest BCUT2D eigenvalue weighted by atomic mass is 10.2. The Hall–Kier alpha value is -4.28. The fourth-order valence-electron chi connectivity index (χ4n) is 3.16. The van der Waals surface area contributed by atoms with Crippen LogP contribution in [0.3, 0.4) is 0 Å². The van der Waals surface area contributed by atoms with Gasteiger partial charge in [0, 0.05) is 5.39 Å². The van der Waals surface area contributed by atoms with E-state index in [4.69, 9.17) is 9.15 Å². The Labute approximate surface area is 184 Å². The van der Waals surface area contributed by atoms with E-state index in [1.807, 2.05) is 0 Å². The zero-order chi connectivity index (χ0) is 23.5. The van der Waals surface area contributed by atoms with E-state index in [9.17, 15) is 23.2 Å². The van der Waals surface area contributed by atoms with Crippen LogP contribution in [-0.2, 0) is 20.9 Å². The molecule has 1 atom stereocenters. The normalized spacial score (nSPS) is 12.1. The summed E-state index contributed by atoms with van der Waals surface area (Å²) in [6.07, 6.45) is -0.0907. The average molecular weight is 457 g/mol. The molecule has 11 heteroatoms. The second kappa shape index (κ2) is 9.07. The number of para-hydroxylation sites is 3. The first-order chi connectivity index (χ1) is 15.8. The van der Waals surface area contributed by atoms with Crippen LogP contribution in [0.1, 0.15) is 6.92 Å². The summed E-state index contributed by atoms with van der Waals surface area (Å²) in [6.45, 7) is -2.29. The molecule has 4 rings (SSSR count). The van der Waals surface area contributed by atoms with Crippen LogP contribution in [0, 0.1) is 0 Å². The number of aromatic nitrogens is 2. The molecule has 2 aromatic heterocycles. The Bertz CT molecular complexity index is 1400. The molecule has 2 heterocycles. The molecule has 2 aromatic carbocycles. The summed E-state index contributed by atoms with van der Waals surface area (Å²) in [7, 11) is 0. The lowest BCUT2D eigenvalue weighted by molar-refractivity contribution is -0.153. The number of esters is 1. The number of halogens is 2. The van der Waals surface area contributed by atoms with Crippen molar-refractivity contribution in [2.45, 2.75) is 26.2 Å². The maximum Gasteiger partial charge on any atom is 0.387 e. The molecule has 1 unspecified atom stereocenters. The Morgan fingerprint density at radius 2 is 1.88 bits per heavy atom. The number of amides is 1. The quantitative estimate of drug-likeness (QED) is 0.424. The van der Waals surface area contributed by atoms with Crippen molar-refractivity contribution in [1.82, 2.24) is 9.55 Å². The molecular weight excluding hydrogens is 440 g/mol.